The van der Waals surface area contributed by atoms with Gasteiger partial charge in [-0.25, -0.2) is 0 Å². The van der Waals surface area contributed by atoms with E-state index in [0.29, 0.717) is 0 Å². The average molecular weight is 147 g/mol. The fraction of sp³-hybridized carbons (Fsp3) is 0.750. The van der Waals surface area contributed by atoms with Gasteiger partial charge in [0.15, 0.2) is 0 Å². The zero-order chi connectivity index (χ0) is 7.28. The summed E-state index contributed by atoms with van der Waals surface area (Å²) in [5.41, 5.74) is 0. The van der Waals surface area contributed by atoms with E-state index in [9.17, 15) is 4.79 Å². The Balaban J connectivity index is 3.43. The van der Waals surface area contributed by atoms with Crippen LogP contribution in [-0.4, -0.2) is 25.0 Å². The van der Waals surface area contributed by atoms with Crippen LogP contribution < -0.4 is 5.09 Å². The van der Waals surface area contributed by atoms with Gasteiger partial charge in [-0.2, -0.15) is 0 Å². The molecule has 0 spiro atoms. The Kier molecular flexibility index (Phi) is 4.73. The third-order valence-electron chi connectivity index (χ3n) is 1.15. The van der Waals surface area contributed by atoms with E-state index >= 15 is 0 Å². The van der Waals surface area contributed by atoms with Crippen molar-refractivity contribution in [2.24, 2.45) is 0 Å². The molecule has 9 heavy (non-hydrogen) atoms. The molecule has 0 heterocycles. The first-order chi connectivity index (χ1) is 4.20. The molecule has 2 atom stereocenters. The van der Waals surface area contributed by atoms with E-state index in [1.54, 1.807) is 0 Å². The molecule has 0 amide bonds. The maximum absolute atomic E-state index is 10.1. The second-order valence-corrected chi connectivity index (χ2v) is 2.20. The van der Waals surface area contributed by atoms with E-state index in [1.165, 1.54) is 0 Å². The van der Waals surface area contributed by atoms with E-state index in [0.717, 1.165) is 6.32 Å². The molecule has 3 nitrogen and oxygen atoms in total. The number of nitrogens with one attached hydrogen (secondary N) is 1. The van der Waals surface area contributed by atoms with Crippen LogP contribution in [0.3, 0.4) is 0 Å². The summed E-state index contributed by atoms with van der Waals surface area (Å²) in [6.45, 7) is 0. The summed E-state index contributed by atoms with van der Waals surface area (Å²) in [5, 5.41) is 11.1. The number of carbonyl (C=O) groups is 1. The van der Waals surface area contributed by atoms with Gasteiger partial charge in [0.2, 0.25) is 0 Å². The molecule has 52 valence electrons. The van der Waals surface area contributed by atoms with Crippen molar-refractivity contribution in [2.45, 2.75) is 18.8 Å². The normalized spacial score (nSPS) is 13.0. The standard InChI is InChI=1S/C4H11BNO2P/c5-2-3(6-9)1-4(7)8/h3,6H,1-2,5,9H2,(H,7,8)/t3-/m0/s1. The molecule has 0 aliphatic carbocycles. The third-order valence-corrected chi connectivity index (χ3v) is 1.62. The monoisotopic (exact) mass is 147 g/mol. The van der Waals surface area contributed by atoms with Crippen LogP contribution in [-0.2, 0) is 4.79 Å². The summed E-state index contributed by atoms with van der Waals surface area (Å²) >= 11 is 0. The molecule has 0 saturated carbocycles. The number of carboxylic acid groups (broad SMARTS) is 1. The van der Waals surface area contributed by atoms with E-state index in [2.05, 4.69) is 14.5 Å². The van der Waals surface area contributed by atoms with Gasteiger partial charge in [0.1, 0.15) is 7.85 Å². The molecule has 0 aromatic heterocycles. The van der Waals surface area contributed by atoms with E-state index in [-0.39, 0.29) is 12.5 Å². The Hall–Kier alpha value is -0.0751. The Morgan fingerprint density at radius 1 is 1.89 bits per heavy atom. The first-order valence-electron chi connectivity index (χ1n) is 2.88. The fourth-order valence-electron chi connectivity index (χ4n) is 0.532. The van der Waals surface area contributed by atoms with Crippen LogP contribution in [0.25, 0.3) is 0 Å². The smallest absolute Gasteiger partial charge is 0.304 e. The van der Waals surface area contributed by atoms with Crippen LogP contribution >= 0.6 is 9.39 Å². The number of hydrogen-bond acceptors (Lipinski definition) is 2. The van der Waals surface area contributed by atoms with Gasteiger partial charge >= 0.3 is 5.97 Å². The summed E-state index contributed by atoms with van der Waals surface area (Å²) in [4.78, 5) is 10.1. The molecular formula is C4H11BNO2P. The lowest BCUT2D eigenvalue weighted by Crippen LogP contribution is -2.22. The van der Waals surface area contributed by atoms with Crippen molar-refractivity contribution in [3.05, 3.63) is 0 Å². The predicted octanol–water partition coefficient (Wildman–Crippen LogP) is -0.739. The minimum atomic E-state index is -0.753. The van der Waals surface area contributed by atoms with Crippen molar-refractivity contribution < 1.29 is 9.90 Å². The highest BCUT2D eigenvalue weighted by molar-refractivity contribution is 7.13. The Bertz CT molecular complexity index is 96.6. The highest BCUT2D eigenvalue weighted by atomic mass is 31.0. The number of hydrogen-bond donors (Lipinski definition) is 2. The zero-order valence-corrected chi connectivity index (χ0v) is 6.58. The molecule has 2 N–H and O–H groups in total. The van der Waals surface area contributed by atoms with Crippen molar-refractivity contribution in [1.82, 2.24) is 5.09 Å². The molecule has 0 aromatic carbocycles. The summed E-state index contributed by atoms with van der Waals surface area (Å²) in [6.07, 6.45) is 1.04. The van der Waals surface area contributed by atoms with Gasteiger partial charge in [0.25, 0.3) is 0 Å². The Labute approximate surface area is 57.9 Å². The second-order valence-electron chi connectivity index (χ2n) is 1.87. The van der Waals surface area contributed by atoms with Crippen molar-refractivity contribution in [3.63, 3.8) is 0 Å². The van der Waals surface area contributed by atoms with Crippen molar-refractivity contribution >= 4 is 23.2 Å². The molecule has 0 aliphatic heterocycles. The Morgan fingerprint density at radius 2 is 2.44 bits per heavy atom. The first-order valence-corrected chi connectivity index (χ1v) is 3.46. The van der Waals surface area contributed by atoms with Crippen LogP contribution in [0, 0.1) is 0 Å². The van der Waals surface area contributed by atoms with Crippen molar-refractivity contribution in [3.8, 4) is 0 Å². The van der Waals surface area contributed by atoms with Gasteiger partial charge < -0.3 is 5.11 Å². The topological polar surface area (TPSA) is 49.3 Å². The number of carboxylic acids is 1. The maximum atomic E-state index is 10.1. The number of rotatable bonds is 4. The molecule has 0 rings (SSSR count). The molecule has 0 radical (unpaired) electrons. The summed E-state index contributed by atoms with van der Waals surface area (Å²) in [5.74, 6) is -0.753. The number of aliphatic carboxylic acids is 1. The van der Waals surface area contributed by atoms with Crippen LogP contribution in [0.2, 0.25) is 6.32 Å². The minimum absolute atomic E-state index is 0.0903. The van der Waals surface area contributed by atoms with Gasteiger partial charge in [-0.05, 0) is 0 Å². The Morgan fingerprint density at radius 3 is 2.56 bits per heavy atom. The lowest BCUT2D eigenvalue weighted by atomic mass is 9.96. The molecular weight excluding hydrogens is 136 g/mol. The SMILES string of the molecule is BC[C@H](CC(=O)O)NP. The van der Waals surface area contributed by atoms with Crippen molar-refractivity contribution in [1.29, 1.82) is 0 Å². The van der Waals surface area contributed by atoms with E-state index in [1.807, 2.05) is 7.85 Å². The molecule has 0 bridgehead atoms. The lowest BCUT2D eigenvalue weighted by Gasteiger charge is -2.08. The molecule has 1 unspecified atom stereocenters. The summed E-state index contributed by atoms with van der Waals surface area (Å²) in [6, 6.07) is 0.0903. The quantitative estimate of drug-likeness (QED) is 0.406. The van der Waals surface area contributed by atoms with Crippen LogP contribution in [0.15, 0.2) is 0 Å². The average Bonchev–Trinajstić information content (AvgIpc) is 1.82. The highest BCUT2D eigenvalue weighted by Crippen LogP contribution is 1.97. The maximum Gasteiger partial charge on any atom is 0.304 e. The second kappa shape index (κ2) is 4.77. The van der Waals surface area contributed by atoms with Gasteiger partial charge in [-0.1, -0.05) is 15.7 Å². The summed E-state index contributed by atoms with van der Waals surface area (Å²) in [7, 11) is 4.26. The van der Waals surface area contributed by atoms with E-state index < -0.39 is 5.97 Å². The van der Waals surface area contributed by atoms with Gasteiger partial charge in [-0.15, -0.1) is 0 Å². The van der Waals surface area contributed by atoms with Crippen LogP contribution in [0.5, 0.6) is 0 Å². The molecule has 5 heteroatoms. The highest BCUT2D eigenvalue weighted by Gasteiger charge is 2.06. The molecule has 0 aliphatic rings. The van der Waals surface area contributed by atoms with Crippen molar-refractivity contribution in [2.75, 3.05) is 0 Å². The summed E-state index contributed by atoms with van der Waals surface area (Å²) < 4.78 is 0. The lowest BCUT2D eigenvalue weighted by molar-refractivity contribution is -0.137. The van der Waals surface area contributed by atoms with Gasteiger partial charge in [0, 0.05) is 6.04 Å². The molecule has 0 fully saturated rings. The largest absolute Gasteiger partial charge is 0.481 e. The third kappa shape index (κ3) is 4.43. The van der Waals surface area contributed by atoms with Crippen LogP contribution in [0.4, 0.5) is 0 Å². The van der Waals surface area contributed by atoms with Crippen LogP contribution in [0.1, 0.15) is 6.42 Å². The zero-order valence-electron chi connectivity index (χ0n) is 5.42. The molecule has 0 aromatic rings. The van der Waals surface area contributed by atoms with E-state index in [4.69, 9.17) is 5.11 Å². The molecule has 0 saturated heterocycles. The predicted molar refractivity (Wildman–Crippen MR) is 42.2 cm³/mol. The van der Waals surface area contributed by atoms with Gasteiger partial charge in [0.05, 0.1) is 6.42 Å². The minimum Gasteiger partial charge on any atom is -0.481 e. The fourth-order valence-corrected chi connectivity index (χ4v) is 0.885. The van der Waals surface area contributed by atoms with Gasteiger partial charge in [-0.3, -0.25) is 9.88 Å². The first kappa shape index (κ1) is 8.92.